The van der Waals surface area contributed by atoms with Gasteiger partial charge in [-0.1, -0.05) is 26.7 Å². The number of nitrogens with one attached hydrogen (secondary N) is 1. The lowest BCUT2D eigenvalue weighted by Gasteiger charge is -2.45. The quantitative estimate of drug-likeness (QED) is 0.755. The number of aliphatic hydroxyl groups excluding tert-OH is 1. The highest BCUT2D eigenvalue weighted by Gasteiger charge is 2.37. The van der Waals surface area contributed by atoms with E-state index in [2.05, 4.69) is 31.2 Å². The number of nitrogens with zero attached hydrogens (tertiary/aromatic N) is 2. The SMILES string of the molecule is CCCN(CCO)C(=O)NCC1(N(C)C)CCCC(C)C1. The zero-order valence-corrected chi connectivity index (χ0v) is 14.2. The van der Waals surface area contributed by atoms with Gasteiger partial charge in [-0.15, -0.1) is 0 Å². The maximum absolute atomic E-state index is 12.3. The van der Waals surface area contributed by atoms with Crippen LogP contribution in [0.15, 0.2) is 0 Å². The molecule has 124 valence electrons. The van der Waals surface area contributed by atoms with Crippen LogP contribution < -0.4 is 5.32 Å². The van der Waals surface area contributed by atoms with Gasteiger partial charge in [0, 0.05) is 25.2 Å². The Morgan fingerprint density at radius 2 is 2.10 bits per heavy atom. The monoisotopic (exact) mass is 299 g/mol. The highest BCUT2D eigenvalue weighted by molar-refractivity contribution is 5.74. The summed E-state index contributed by atoms with van der Waals surface area (Å²) in [5, 5.41) is 12.2. The molecule has 5 nitrogen and oxygen atoms in total. The van der Waals surface area contributed by atoms with Gasteiger partial charge in [0.1, 0.15) is 0 Å². The zero-order valence-electron chi connectivity index (χ0n) is 14.2. The van der Waals surface area contributed by atoms with Gasteiger partial charge in [-0.25, -0.2) is 4.79 Å². The van der Waals surface area contributed by atoms with Crippen molar-refractivity contribution >= 4 is 6.03 Å². The van der Waals surface area contributed by atoms with Crippen LogP contribution in [0, 0.1) is 5.92 Å². The molecule has 0 aromatic heterocycles. The number of amides is 2. The third-order valence-electron chi connectivity index (χ3n) is 4.74. The molecule has 1 saturated carbocycles. The van der Waals surface area contributed by atoms with Crippen molar-refractivity contribution in [1.29, 1.82) is 0 Å². The summed E-state index contributed by atoms with van der Waals surface area (Å²) in [5.74, 6) is 0.710. The number of carbonyl (C=O) groups excluding carboxylic acids is 1. The maximum atomic E-state index is 12.3. The molecule has 0 aromatic rings. The molecule has 5 heteroatoms. The van der Waals surface area contributed by atoms with E-state index >= 15 is 0 Å². The second kappa shape index (κ2) is 8.59. The summed E-state index contributed by atoms with van der Waals surface area (Å²) >= 11 is 0. The molecule has 0 saturated heterocycles. The summed E-state index contributed by atoms with van der Waals surface area (Å²) in [6.45, 7) is 6.15. The van der Waals surface area contributed by atoms with Gasteiger partial charge in [-0.2, -0.15) is 0 Å². The number of urea groups is 1. The first-order valence-corrected chi connectivity index (χ1v) is 8.26. The molecule has 0 heterocycles. The number of rotatable bonds is 7. The van der Waals surface area contributed by atoms with E-state index in [4.69, 9.17) is 5.11 Å². The third kappa shape index (κ3) is 5.15. The molecule has 1 rings (SSSR count). The van der Waals surface area contributed by atoms with E-state index in [9.17, 15) is 4.79 Å². The number of likely N-dealkylation sites (N-methyl/N-ethyl adjacent to an activating group) is 1. The summed E-state index contributed by atoms with van der Waals surface area (Å²) in [4.78, 5) is 16.3. The summed E-state index contributed by atoms with van der Waals surface area (Å²) in [5.41, 5.74) is 0.0738. The average Bonchev–Trinajstić information content (AvgIpc) is 2.44. The molecule has 0 bridgehead atoms. The minimum Gasteiger partial charge on any atom is -0.395 e. The summed E-state index contributed by atoms with van der Waals surface area (Å²) < 4.78 is 0. The molecule has 0 spiro atoms. The van der Waals surface area contributed by atoms with Gasteiger partial charge in [-0.3, -0.25) is 0 Å². The minimum atomic E-state index is -0.0506. The van der Waals surface area contributed by atoms with Crippen molar-refractivity contribution in [2.75, 3.05) is 40.3 Å². The second-order valence-corrected chi connectivity index (χ2v) is 6.69. The van der Waals surface area contributed by atoms with E-state index in [-0.39, 0.29) is 18.2 Å². The fourth-order valence-electron chi connectivity index (χ4n) is 3.41. The maximum Gasteiger partial charge on any atom is 0.317 e. The van der Waals surface area contributed by atoms with Crippen molar-refractivity contribution in [2.45, 2.75) is 51.5 Å². The van der Waals surface area contributed by atoms with E-state index in [1.54, 1.807) is 4.90 Å². The van der Waals surface area contributed by atoms with Gasteiger partial charge in [0.25, 0.3) is 0 Å². The Morgan fingerprint density at radius 1 is 1.38 bits per heavy atom. The molecular weight excluding hydrogens is 266 g/mol. The lowest BCUT2D eigenvalue weighted by atomic mass is 9.75. The average molecular weight is 299 g/mol. The fraction of sp³-hybridized carbons (Fsp3) is 0.938. The topological polar surface area (TPSA) is 55.8 Å². The molecule has 2 N–H and O–H groups in total. The summed E-state index contributed by atoms with van der Waals surface area (Å²) in [7, 11) is 4.23. The van der Waals surface area contributed by atoms with Crippen molar-refractivity contribution < 1.29 is 9.90 Å². The Hall–Kier alpha value is -0.810. The molecule has 2 amide bonds. The molecule has 0 aromatic carbocycles. The smallest absolute Gasteiger partial charge is 0.317 e. The molecule has 0 aliphatic heterocycles. The van der Waals surface area contributed by atoms with Crippen molar-refractivity contribution in [2.24, 2.45) is 5.92 Å². The molecule has 21 heavy (non-hydrogen) atoms. The normalized spacial score (nSPS) is 25.9. The van der Waals surface area contributed by atoms with Crippen LogP contribution in [-0.2, 0) is 0 Å². The van der Waals surface area contributed by atoms with E-state index in [0.717, 1.165) is 19.3 Å². The summed E-state index contributed by atoms with van der Waals surface area (Å²) in [6, 6.07) is -0.0506. The number of aliphatic hydroxyl groups is 1. The number of hydrogen-bond donors (Lipinski definition) is 2. The zero-order chi connectivity index (χ0) is 15.9. The van der Waals surface area contributed by atoms with Crippen LogP contribution in [0.5, 0.6) is 0 Å². The van der Waals surface area contributed by atoms with Gasteiger partial charge in [-0.05, 0) is 39.3 Å². The molecular formula is C16H33N3O2. The van der Waals surface area contributed by atoms with Crippen molar-refractivity contribution in [3.8, 4) is 0 Å². The Labute approximate surface area is 129 Å². The van der Waals surface area contributed by atoms with Gasteiger partial charge >= 0.3 is 6.03 Å². The largest absolute Gasteiger partial charge is 0.395 e. The second-order valence-electron chi connectivity index (χ2n) is 6.69. The van der Waals surface area contributed by atoms with Crippen LogP contribution in [-0.4, -0.2) is 66.8 Å². The minimum absolute atomic E-state index is 0.0171. The predicted molar refractivity (Wildman–Crippen MR) is 86.4 cm³/mol. The van der Waals surface area contributed by atoms with Crippen LogP contribution in [0.1, 0.15) is 46.0 Å². The van der Waals surface area contributed by atoms with Crippen LogP contribution in [0.4, 0.5) is 4.79 Å². The highest BCUT2D eigenvalue weighted by atomic mass is 16.3. The Bertz CT molecular complexity index is 317. The van der Waals surface area contributed by atoms with Gasteiger partial charge < -0.3 is 20.2 Å². The molecule has 1 aliphatic rings. The Balaban J connectivity index is 2.62. The first-order valence-electron chi connectivity index (χ1n) is 8.26. The number of hydrogen-bond acceptors (Lipinski definition) is 3. The first kappa shape index (κ1) is 18.2. The standard InChI is InChI=1S/C16H33N3O2/c1-5-9-19(10-11-20)15(21)17-13-16(18(3)4)8-6-7-14(2)12-16/h14,20H,5-13H2,1-4H3,(H,17,21). The molecule has 1 fully saturated rings. The van der Waals surface area contributed by atoms with E-state index in [1.165, 1.54) is 12.8 Å². The van der Waals surface area contributed by atoms with E-state index < -0.39 is 0 Å². The van der Waals surface area contributed by atoms with Gasteiger partial charge in [0.2, 0.25) is 0 Å². The van der Waals surface area contributed by atoms with Crippen LogP contribution in [0.3, 0.4) is 0 Å². The van der Waals surface area contributed by atoms with Gasteiger partial charge in [0.15, 0.2) is 0 Å². The summed E-state index contributed by atoms with van der Waals surface area (Å²) in [6.07, 6.45) is 5.69. The lowest BCUT2D eigenvalue weighted by Crippen LogP contribution is -2.56. The van der Waals surface area contributed by atoms with Crippen molar-refractivity contribution in [3.63, 3.8) is 0 Å². The van der Waals surface area contributed by atoms with Gasteiger partial charge in [0.05, 0.1) is 6.61 Å². The molecule has 0 radical (unpaired) electrons. The van der Waals surface area contributed by atoms with Crippen LogP contribution in [0.25, 0.3) is 0 Å². The first-order chi connectivity index (χ1) is 9.95. The Morgan fingerprint density at radius 3 is 2.62 bits per heavy atom. The molecule has 2 atom stereocenters. The lowest BCUT2D eigenvalue weighted by molar-refractivity contribution is 0.0749. The van der Waals surface area contributed by atoms with E-state index in [1.807, 2.05) is 6.92 Å². The fourth-order valence-corrected chi connectivity index (χ4v) is 3.41. The van der Waals surface area contributed by atoms with Crippen LogP contribution >= 0.6 is 0 Å². The number of carbonyl (C=O) groups is 1. The molecule has 1 aliphatic carbocycles. The Kier molecular flexibility index (Phi) is 7.46. The van der Waals surface area contributed by atoms with Crippen LogP contribution in [0.2, 0.25) is 0 Å². The van der Waals surface area contributed by atoms with E-state index in [0.29, 0.717) is 25.6 Å². The van der Waals surface area contributed by atoms with Crippen molar-refractivity contribution in [3.05, 3.63) is 0 Å². The third-order valence-corrected chi connectivity index (χ3v) is 4.74. The van der Waals surface area contributed by atoms with Crippen molar-refractivity contribution in [1.82, 2.24) is 15.1 Å². The predicted octanol–water partition coefficient (Wildman–Crippen LogP) is 1.91. The molecule has 2 unspecified atom stereocenters. The highest BCUT2D eigenvalue weighted by Crippen LogP contribution is 2.35.